The summed E-state index contributed by atoms with van der Waals surface area (Å²) in [6, 6.07) is 12.1. The summed E-state index contributed by atoms with van der Waals surface area (Å²) in [5.74, 6) is 1.41. The van der Waals surface area contributed by atoms with Gasteiger partial charge in [0.15, 0.2) is 0 Å². The van der Waals surface area contributed by atoms with Gasteiger partial charge in [0, 0.05) is 25.8 Å². The number of nitrogens with one attached hydrogen (secondary N) is 1. The van der Waals surface area contributed by atoms with E-state index in [1.54, 1.807) is 16.4 Å². The predicted molar refractivity (Wildman–Crippen MR) is 103 cm³/mol. The van der Waals surface area contributed by atoms with E-state index in [9.17, 15) is 8.42 Å². The van der Waals surface area contributed by atoms with E-state index in [2.05, 4.69) is 34.6 Å². The molecule has 0 radical (unpaired) electrons. The highest BCUT2D eigenvalue weighted by Gasteiger charge is 2.27. The molecule has 5 nitrogen and oxygen atoms in total. The third-order valence-corrected chi connectivity index (χ3v) is 7.32. The van der Waals surface area contributed by atoms with Gasteiger partial charge in [0.05, 0.1) is 0 Å². The summed E-state index contributed by atoms with van der Waals surface area (Å²) in [7, 11) is -3.38. The molecule has 0 atom stereocenters. The predicted octanol–water partition coefficient (Wildman–Crippen LogP) is 3.08. The van der Waals surface area contributed by atoms with E-state index in [0.717, 1.165) is 44.5 Å². The van der Waals surface area contributed by atoms with Gasteiger partial charge in [0.25, 0.3) is 0 Å². The molecule has 0 saturated carbocycles. The number of benzene rings is 1. The molecule has 1 saturated heterocycles. The zero-order chi connectivity index (χ0) is 18.0. The van der Waals surface area contributed by atoms with Gasteiger partial charge in [0.2, 0.25) is 10.0 Å². The topological polar surface area (TPSA) is 62.3 Å². The molecule has 2 aliphatic rings. The van der Waals surface area contributed by atoms with E-state index >= 15 is 0 Å². The Morgan fingerprint density at radius 2 is 1.73 bits per heavy atom. The van der Waals surface area contributed by atoms with E-state index < -0.39 is 10.0 Å². The molecule has 0 unspecified atom stereocenters. The van der Waals surface area contributed by atoms with Crippen LogP contribution in [0.15, 0.2) is 47.5 Å². The molecular formula is C20H25N3O2S. The molecule has 1 aliphatic carbocycles. The number of fused-ring (bicyclic) bond motifs is 1. The zero-order valence-corrected chi connectivity index (χ0v) is 15.7. The molecule has 4 rings (SSSR count). The molecule has 1 aromatic carbocycles. The van der Waals surface area contributed by atoms with Crippen LogP contribution in [0.2, 0.25) is 0 Å². The van der Waals surface area contributed by atoms with Crippen molar-refractivity contribution in [3.8, 4) is 0 Å². The van der Waals surface area contributed by atoms with Gasteiger partial charge < -0.3 is 5.32 Å². The summed E-state index contributed by atoms with van der Waals surface area (Å²) < 4.78 is 26.6. The second-order valence-electron chi connectivity index (χ2n) is 7.25. The molecule has 0 amide bonds. The fourth-order valence-electron chi connectivity index (χ4n) is 3.97. The van der Waals surface area contributed by atoms with Gasteiger partial charge in [-0.2, -0.15) is 4.31 Å². The Morgan fingerprint density at radius 1 is 1.04 bits per heavy atom. The number of sulfonamides is 1. The van der Waals surface area contributed by atoms with Crippen LogP contribution >= 0.6 is 0 Å². The van der Waals surface area contributed by atoms with E-state index in [1.165, 1.54) is 17.3 Å². The lowest BCUT2D eigenvalue weighted by Crippen LogP contribution is -2.27. The second kappa shape index (κ2) is 7.37. The molecule has 1 fully saturated rings. The zero-order valence-electron chi connectivity index (χ0n) is 14.9. The van der Waals surface area contributed by atoms with Crippen LogP contribution in [-0.2, 0) is 22.9 Å². The third kappa shape index (κ3) is 3.62. The SMILES string of the molecule is O=S(=O)(c1ccc(NCCC2Cc3ccccc3C2)nc1)N1CCCC1. The van der Waals surface area contributed by atoms with Gasteiger partial charge in [-0.1, -0.05) is 24.3 Å². The van der Waals surface area contributed by atoms with Crippen LogP contribution in [0.5, 0.6) is 0 Å². The van der Waals surface area contributed by atoms with Crippen LogP contribution in [0.25, 0.3) is 0 Å². The first-order chi connectivity index (χ1) is 12.6. The van der Waals surface area contributed by atoms with E-state index in [4.69, 9.17) is 0 Å². The number of hydrogen-bond acceptors (Lipinski definition) is 4. The number of rotatable bonds is 6. The smallest absolute Gasteiger partial charge is 0.244 e. The number of anilines is 1. The minimum atomic E-state index is -3.38. The molecule has 0 spiro atoms. The fourth-order valence-corrected chi connectivity index (χ4v) is 5.44. The number of hydrogen-bond donors (Lipinski definition) is 1. The van der Waals surface area contributed by atoms with Crippen molar-refractivity contribution >= 4 is 15.8 Å². The van der Waals surface area contributed by atoms with Gasteiger partial charge >= 0.3 is 0 Å². The third-order valence-electron chi connectivity index (χ3n) is 5.43. The number of nitrogens with zero attached hydrogens (tertiary/aromatic N) is 2. The van der Waals surface area contributed by atoms with Crippen LogP contribution in [0.1, 0.15) is 30.4 Å². The maximum Gasteiger partial charge on any atom is 0.244 e. The summed E-state index contributed by atoms with van der Waals surface area (Å²) in [6.07, 6.45) is 6.75. The fraction of sp³-hybridized carbons (Fsp3) is 0.450. The first-order valence-electron chi connectivity index (χ1n) is 9.40. The van der Waals surface area contributed by atoms with E-state index in [0.29, 0.717) is 19.0 Å². The highest BCUT2D eigenvalue weighted by molar-refractivity contribution is 7.89. The number of pyridine rings is 1. The molecule has 2 heterocycles. The Balaban J connectivity index is 1.30. The highest BCUT2D eigenvalue weighted by Crippen LogP contribution is 2.28. The lowest BCUT2D eigenvalue weighted by Gasteiger charge is -2.15. The van der Waals surface area contributed by atoms with Crippen molar-refractivity contribution in [1.29, 1.82) is 0 Å². The van der Waals surface area contributed by atoms with Crippen LogP contribution < -0.4 is 5.32 Å². The maximum atomic E-state index is 12.5. The Hall–Kier alpha value is -1.92. The summed E-state index contributed by atoms with van der Waals surface area (Å²) in [5.41, 5.74) is 2.96. The standard InChI is InChI=1S/C20H25N3O2S/c24-26(25,23-11-3-4-12-23)19-7-8-20(22-15-19)21-10-9-16-13-17-5-1-2-6-18(17)14-16/h1-2,5-8,15-16H,3-4,9-14H2,(H,21,22). The minimum absolute atomic E-state index is 0.288. The Bertz CT molecular complexity index is 834. The van der Waals surface area contributed by atoms with Crippen molar-refractivity contribution in [3.05, 3.63) is 53.7 Å². The molecule has 2 aromatic rings. The molecule has 138 valence electrons. The first-order valence-corrected chi connectivity index (χ1v) is 10.8. The number of aromatic nitrogens is 1. The van der Waals surface area contributed by atoms with Crippen molar-refractivity contribution in [2.45, 2.75) is 37.0 Å². The molecule has 6 heteroatoms. The Kier molecular flexibility index (Phi) is 4.96. The highest BCUT2D eigenvalue weighted by atomic mass is 32.2. The quantitative estimate of drug-likeness (QED) is 0.848. The van der Waals surface area contributed by atoms with Gasteiger partial charge in [0.1, 0.15) is 10.7 Å². The van der Waals surface area contributed by atoms with Gasteiger partial charge in [-0.25, -0.2) is 13.4 Å². The molecule has 1 aliphatic heterocycles. The van der Waals surface area contributed by atoms with E-state index in [-0.39, 0.29) is 4.90 Å². The van der Waals surface area contributed by atoms with Gasteiger partial charge in [-0.3, -0.25) is 0 Å². The van der Waals surface area contributed by atoms with Crippen LogP contribution in [-0.4, -0.2) is 37.3 Å². The summed E-state index contributed by atoms with van der Waals surface area (Å²) in [6.45, 7) is 2.09. The molecule has 0 bridgehead atoms. The normalized spacial score (nSPS) is 18.2. The Labute approximate surface area is 155 Å². The lowest BCUT2D eigenvalue weighted by molar-refractivity contribution is 0.477. The Morgan fingerprint density at radius 3 is 2.35 bits per heavy atom. The minimum Gasteiger partial charge on any atom is -0.370 e. The van der Waals surface area contributed by atoms with Crippen LogP contribution in [0.3, 0.4) is 0 Å². The van der Waals surface area contributed by atoms with Crippen LogP contribution in [0, 0.1) is 5.92 Å². The monoisotopic (exact) mass is 371 g/mol. The molecular weight excluding hydrogens is 346 g/mol. The first kappa shape index (κ1) is 17.5. The lowest BCUT2D eigenvalue weighted by atomic mass is 10.0. The van der Waals surface area contributed by atoms with Gasteiger partial charge in [-0.05, 0) is 61.3 Å². The van der Waals surface area contributed by atoms with Crippen molar-refractivity contribution in [2.24, 2.45) is 5.92 Å². The second-order valence-corrected chi connectivity index (χ2v) is 9.19. The molecule has 1 aromatic heterocycles. The average molecular weight is 372 g/mol. The van der Waals surface area contributed by atoms with Gasteiger partial charge in [-0.15, -0.1) is 0 Å². The largest absolute Gasteiger partial charge is 0.370 e. The van der Waals surface area contributed by atoms with E-state index in [1.807, 2.05) is 0 Å². The molecule has 1 N–H and O–H groups in total. The van der Waals surface area contributed by atoms with Crippen molar-refractivity contribution in [2.75, 3.05) is 25.0 Å². The van der Waals surface area contributed by atoms with Crippen LogP contribution in [0.4, 0.5) is 5.82 Å². The molecule has 26 heavy (non-hydrogen) atoms. The summed E-state index contributed by atoms with van der Waals surface area (Å²) >= 11 is 0. The average Bonchev–Trinajstić information content (AvgIpc) is 3.32. The van der Waals surface area contributed by atoms with Crippen molar-refractivity contribution in [3.63, 3.8) is 0 Å². The van der Waals surface area contributed by atoms with Crippen molar-refractivity contribution in [1.82, 2.24) is 9.29 Å². The maximum absolute atomic E-state index is 12.5. The summed E-state index contributed by atoms with van der Waals surface area (Å²) in [5, 5.41) is 3.33. The van der Waals surface area contributed by atoms with Crippen molar-refractivity contribution < 1.29 is 8.42 Å². The summed E-state index contributed by atoms with van der Waals surface area (Å²) in [4.78, 5) is 4.59.